The van der Waals surface area contributed by atoms with E-state index in [2.05, 4.69) is 31.7 Å². The Kier molecular flexibility index (Phi) is 5.89. The molecule has 3 rings (SSSR count). The van der Waals surface area contributed by atoms with E-state index in [1.165, 1.54) is 31.3 Å². The first-order valence-corrected chi connectivity index (χ1v) is 10.6. The molecule has 0 radical (unpaired) electrons. The van der Waals surface area contributed by atoms with Crippen molar-refractivity contribution in [2.75, 3.05) is 23.4 Å². The second-order valence-corrected chi connectivity index (χ2v) is 8.76. The number of nitrogens with one attached hydrogen (secondary N) is 2. The smallest absolute Gasteiger partial charge is 0.246 e. The largest absolute Gasteiger partial charge is 0.383 e. The van der Waals surface area contributed by atoms with E-state index >= 15 is 0 Å². The maximum atomic E-state index is 13.9. The van der Waals surface area contributed by atoms with Crippen LogP contribution in [0.4, 0.5) is 21.7 Å². The molecule has 1 amide bonds. The molecule has 0 aliphatic carbocycles. The minimum Gasteiger partial charge on any atom is -0.383 e. The molecule has 4 N–H and O–H groups in total. The van der Waals surface area contributed by atoms with Gasteiger partial charge in [0.2, 0.25) is 15.7 Å². The Morgan fingerprint density at radius 2 is 1.93 bits per heavy atom. The average Bonchev–Trinajstić information content (AvgIpc) is 3.01. The second kappa shape index (κ2) is 8.21. The summed E-state index contributed by atoms with van der Waals surface area (Å²) in [6.07, 6.45) is 0. The first-order valence-electron chi connectivity index (χ1n) is 8.33. The molecule has 8 nitrogen and oxygen atoms in total. The van der Waals surface area contributed by atoms with E-state index in [0.29, 0.717) is 4.47 Å². The van der Waals surface area contributed by atoms with Crippen molar-refractivity contribution in [1.82, 2.24) is 9.78 Å². The predicted octanol–water partition coefficient (Wildman–Crippen LogP) is 2.88. The summed E-state index contributed by atoms with van der Waals surface area (Å²) in [7, 11) is -2.47. The van der Waals surface area contributed by atoms with Gasteiger partial charge in [-0.2, -0.15) is 5.10 Å². The molecule has 0 saturated carbocycles. The summed E-state index contributed by atoms with van der Waals surface area (Å²) < 4.78 is 41.4. The van der Waals surface area contributed by atoms with Crippen LogP contribution in [-0.2, 0) is 21.2 Å². The van der Waals surface area contributed by atoms with Gasteiger partial charge in [0.1, 0.15) is 18.2 Å². The van der Waals surface area contributed by atoms with Gasteiger partial charge in [-0.25, -0.2) is 17.5 Å². The highest BCUT2D eigenvalue weighted by Crippen LogP contribution is 2.32. The number of nitrogens with two attached hydrogens (primary N) is 1. The van der Waals surface area contributed by atoms with Gasteiger partial charge in [0.15, 0.2) is 10.7 Å². The van der Waals surface area contributed by atoms with E-state index in [1.807, 2.05) is 0 Å². The van der Waals surface area contributed by atoms with E-state index in [9.17, 15) is 17.6 Å². The van der Waals surface area contributed by atoms with Gasteiger partial charge in [-0.1, -0.05) is 34.1 Å². The lowest BCUT2D eigenvalue weighted by Crippen LogP contribution is -2.21. The lowest BCUT2D eigenvalue weighted by molar-refractivity contribution is -0.116. The minimum atomic E-state index is -3.97. The van der Waals surface area contributed by atoms with Crippen LogP contribution in [-0.4, -0.2) is 31.2 Å². The number of nitrogen functional groups attached to an aromatic ring is 1. The monoisotopic (exact) mass is 481 g/mol. The van der Waals surface area contributed by atoms with Gasteiger partial charge in [0.05, 0.1) is 10.6 Å². The number of benzene rings is 2. The number of carbonyl (C=O) groups is 1. The number of amides is 1. The van der Waals surface area contributed by atoms with Crippen molar-refractivity contribution < 1.29 is 17.6 Å². The molecule has 0 spiro atoms. The van der Waals surface area contributed by atoms with Crippen molar-refractivity contribution in [3.63, 3.8) is 0 Å². The number of aromatic nitrogens is 2. The highest BCUT2D eigenvalue weighted by atomic mass is 79.9. The maximum absolute atomic E-state index is 13.9. The van der Waals surface area contributed by atoms with Crippen molar-refractivity contribution in [3.05, 3.63) is 58.8 Å². The summed E-state index contributed by atoms with van der Waals surface area (Å²) >= 11 is 3.14. The normalized spacial score (nSPS) is 11.3. The van der Waals surface area contributed by atoms with Crippen LogP contribution < -0.4 is 16.4 Å². The molecule has 0 aliphatic rings. The van der Waals surface area contributed by atoms with Crippen molar-refractivity contribution in [2.45, 2.75) is 16.3 Å². The van der Waals surface area contributed by atoms with Crippen molar-refractivity contribution in [3.8, 4) is 0 Å². The van der Waals surface area contributed by atoms with Crippen LogP contribution in [0.1, 0.15) is 0 Å². The first kappa shape index (κ1) is 20.8. The number of hydrogen-bond donors (Lipinski definition) is 3. The van der Waals surface area contributed by atoms with Crippen LogP contribution in [0.2, 0.25) is 0 Å². The fourth-order valence-corrected chi connectivity index (χ4v) is 4.50. The highest BCUT2D eigenvalue weighted by molar-refractivity contribution is 9.10. The molecule has 0 saturated heterocycles. The third-order valence-corrected chi connectivity index (χ3v) is 6.33. The zero-order chi connectivity index (χ0) is 21.2. The Labute approximate surface area is 175 Å². The number of nitrogens with zero attached hydrogens (tertiary/aromatic N) is 2. The molecule has 0 fully saturated rings. The Balaban J connectivity index is 1.91. The molecular weight excluding hydrogens is 465 g/mol. The lowest BCUT2D eigenvalue weighted by atomic mass is 10.3. The summed E-state index contributed by atoms with van der Waals surface area (Å²) in [5.41, 5.74) is 6.00. The number of carbonyl (C=O) groups excluding carboxylic acids is 1. The molecule has 3 aromatic rings. The average molecular weight is 482 g/mol. The van der Waals surface area contributed by atoms with Crippen LogP contribution in [0.25, 0.3) is 0 Å². The predicted molar refractivity (Wildman–Crippen MR) is 111 cm³/mol. The van der Waals surface area contributed by atoms with Crippen LogP contribution in [0.3, 0.4) is 0 Å². The first-order chi connectivity index (χ1) is 13.7. The molecule has 0 aliphatic heterocycles. The number of halogens is 2. The molecule has 0 bridgehead atoms. The SMILES string of the molecule is CNc1nn(CC(=O)Nc2ccc(Br)cc2F)c(N)c1S(=O)(=O)c1ccccc1. The highest BCUT2D eigenvalue weighted by Gasteiger charge is 2.29. The van der Waals surface area contributed by atoms with Gasteiger partial charge in [-0.05, 0) is 30.3 Å². The zero-order valence-corrected chi connectivity index (χ0v) is 17.6. The van der Waals surface area contributed by atoms with Crippen molar-refractivity contribution >= 4 is 49.0 Å². The maximum Gasteiger partial charge on any atom is 0.246 e. The van der Waals surface area contributed by atoms with Crippen LogP contribution in [0, 0.1) is 5.82 Å². The summed E-state index contributed by atoms with van der Waals surface area (Å²) in [4.78, 5) is 12.1. The van der Waals surface area contributed by atoms with Gasteiger partial charge in [0.25, 0.3) is 0 Å². The van der Waals surface area contributed by atoms with E-state index < -0.39 is 28.1 Å². The third kappa shape index (κ3) is 4.25. The van der Waals surface area contributed by atoms with E-state index in [-0.39, 0.29) is 27.1 Å². The van der Waals surface area contributed by atoms with Gasteiger partial charge < -0.3 is 16.4 Å². The van der Waals surface area contributed by atoms with Gasteiger partial charge in [-0.15, -0.1) is 0 Å². The topological polar surface area (TPSA) is 119 Å². The fourth-order valence-electron chi connectivity index (χ4n) is 2.64. The number of rotatable bonds is 6. The zero-order valence-electron chi connectivity index (χ0n) is 15.2. The molecule has 1 aromatic heterocycles. The van der Waals surface area contributed by atoms with E-state index in [1.54, 1.807) is 24.3 Å². The van der Waals surface area contributed by atoms with Crippen LogP contribution in [0.5, 0.6) is 0 Å². The molecule has 11 heteroatoms. The van der Waals surface area contributed by atoms with Gasteiger partial charge in [-0.3, -0.25) is 4.79 Å². The van der Waals surface area contributed by atoms with E-state index in [0.717, 1.165) is 4.68 Å². The molecule has 152 valence electrons. The fraction of sp³-hybridized carbons (Fsp3) is 0.111. The Hall–Kier alpha value is -2.92. The van der Waals surface area contributed by atoms with Crippen LogP contribution in [0.15, 0.2) is 62.8 Å². The summed E-state index contributed by atoms with van der Waals surface area (Å²) in [5.74, 6) is -1.44. The molecule has 1 heterocycles. The van der Waals surface area contributed by atoms with Gasteiger partial charge in [0, 0.05) is 11.5 Å². The second-order valence-electron chi connectivity index (χ2n) is 5.96. The quantitative estimate of drug-likeness (QED) is 0.497. The summed E-state index contributed by atoms with van der Waals surface area (Å²) in [6.45, 7) is -0.402. The van der Waals surface area contributed by atoms with Crippen molar-refractivity contribution in [1.29, 1.82) is 0 Å². The standard InChI is InChI=1S/C18H17BrFN5O3S/c1-22-18-16(29(27,28)12-5-3-2-4-6-12)17(21)25(24-18)10-15(26)23-14-8-7-11(19)9-13(14)20/h2-9H,10,21H2,1H3,(H,22,24)(H,23,26). The Morgan fingerprint density at radius 1 is 1.24 bits per heavy atom. The molecule has 0 unspecified atom stereocenters. The number of anilines is 3. The third-order valence-electron chi connectivity index (χ3n) is 4.00. The van der Waals surface area contributed by atoms with Gasteiger partial charge >= 0.3 is 0 Å². The van der Waals surface area contributed by atoms with E-state index in [4.69, 9.17) is 5.73 Å². The Morgan fingerprint density at radius 3 is 2.55 bits per heavy atom. The molecular formula is C18H17BrFN5O3S. The molecule has 29 heavy (non-hydrogen) atoms. The van der Waals surface area contributed by atoms with Crippen LogP contribution >= 0.6 is 15.9 Å². The lowest BCUT2D eigenvalue weighted by Gasteiger charge is -2.08. The summed E-state index contributed by atoms with van der Waals surface area (Å²) in [5, 5.41) is 9.17. The number of sulfone groups is 1. The number of hydrogen-bond acceptors (Lipinski definition) is 6. The summed E-state index contributed by atoms with van der Waals surface area (Å²) in [6, 6.07) is 11.9. The van der Waals surface area contributed by atoms with Crippen molar-refractivity contribution in [2.24, 2.45) is 0 Å². The Bertz CT molecular complexity index is 1170. The molecule has 0 atom stereocenters. The molecule has 2 aromatic carbocycles. The minimum absolute atomic E-state index is 0.00831.